The summed E-state index contributed by atoms with van der Waals surface area (Å²) in [5.74, 6) is 0.336. The molecule has 0 fully saturated rings. The maximum absolute atomic E-state index is 12.5. The average molecular weight is 397 g/mol. The van der Waals surface area contributed by atoms with Gasteiger partial charge < -0.3 is 14.6 Å². The maximum Gasteiger partial charge on any atom is 0.266 e. The topological polar surface area (TPSA) is 67.0 Å². The minimum Gasteiger partial charge on any atom is -0.490 e. The normalized spacial score (nSPS) is 10.9. The van der Waals surface area contributed by atoms with E-state index in [1.165, 1.54) is 0 Å². The number of carbonyl (C=O) groups is 1. The minimum atomic E-state index is -0.433. The summed E-state index contributed by atoms with van der Waals surface area (Å²) in [5.41, 5.74) is 4.43. The van der Waals surface area contributed by atoms with Gasteiger partial charge in [0.1, 0.15) is 24.0 Å². The fraction of sp³-hybridized carbons (Fsp3) is 0.120. The third kappa shape index (κ3) is 4.68. The summed E-state index contributed by atoms with van der Waals surface area (Å²) in [6.07, 6.45) is 3.33. The van der Waals surface area contributed by atoms with Crippen molar-refractivity contribution in [1.29, 1.82) is 5.26 Å². The molecule has 0 bridgehead atoms. The molecule has 150 valence electrons. The van der Waals surface area contributed by atoms with Crippen molar-refractivity contribution in [2.75, 3.05) is 11.9 Å². The molecule has 0 radical (unpaired) electrons. The maximum atomic E-state index is 12.5. The van der Waals surface area contributed by atoms with Crippen molar-refractivity contribution in [3.05, 3.63) is 95.8 Å². The summed E-state index contributed by atoms with van der Waals surface area (Å²) in [7, 11) is 0. The van der Waals surface area contributed by atoms with E-state index in [2.05, 4.69) is 16.5 Å². The molecular formula is C25H23N3O2. The van der Waals surface area contributed by atoms with Crippen LogP contribution in [0.5, 0.6) is 5.75 Å². The quantitative estimate of drug-likeness (QED) is 0.338. The highest BCUT2D eigenvalue weighted by Gasteiger charge is 2.14. The molecule has 30 heavy (non-hydrogen) atoms. The largest absolute Gasteiger partial charge is 0.490 e. The minimum absolute atomic E-state index is 0.0484. The molecule has 0 saturated carbocycles. The van der Waals surface area contributed by atoms with E-state index in [9.17, 15) is 10.1 Å². The highest BCUT2D eigenvalue weighted by molar-refractivity contribution is 6.09. The van der Waals surface area contributed by atoms with Crippen LogP contribution in [0.3, 0.4) is 0 Å². The Balaban J connectivity index is 1.87. The van der Waals surface area contributed by atoms with Crippen molar-refractivity contribution < 1.29 is 9.53 Å². The summed E-state index contributed by atoms with van der Waals surface area (Å²) in [4.78, 5) is 12.5. The van der Waals surface area contributed by atoms with Crippen molar-refractivity contribution in [3.63, 3.8) is 0 Å². The molecule has 0 spiro atoms. The van der Waals surface area contributed by atoms with Gasteiger partial charge in [0.2, 0.25) is 0 Å². The van der Waals surface area contributed by atoms with E-state index in [1.54, 1.807) is 24.3 Å². The van der Waals surface area contributed by atoms with Gasteiger partial charge in [-0.25, -0.2) is 0 Å². The number of ether oxygens (including phenoxy) is 1. The number of nitrogens with one attached hydrogen (secondary N) is 1. The molecule has 0 saturated heterocycles. The summed E-state index contributed by atoms with van der Waals surface area (Å²) in [6, 6.07) is 20.8. The van der Waals surface area contributed by atoms with E-state index in [0.717, 1.165) is 28.4 Å². The number of hydrogen-bond donors (Lipinski definition) is 1. The molecule has 0 aliphatic rings. The van der Waals surface area contributed by atoms with Crippen LogP contribution in [0.4, 0.5) is 5.69 Å². The molecule has 1 amide bonds. The lowest BCUT2D eigenvalue weighted by atomic mass is 10.1. The Morgan fingerprint density at radius 2 is 1.87 bits per heavy atom. The second-order valence-electron chi connectivity index (χ2n) is 6.75. The number of benzene rings is 2. The zero-order valence-corrected chi connectivity index (χ0v) is 17.1. The van der Waals surface area contributed by atoms with Gasteiger partial charge in [0.15, 0.2) is 0 Å². The Labute approximate surface area is 176 Å². The van der Waals surface area contributed by atoms with E-state index in [-0.39, 0.29) is 5.57 Å². The van der Waals surface area contributed by atoms with Gasteiger partial charge in [-0.15, -0.1) is 0 Å². The SMILES string of the molecule is C=CCOc1ccc(-n2c(C)cc(/C=C(/C#N)C(=O)Nc3ccccc3)c2C)cc1. The van der Waals surface area contributed by atoms with Crippen molar-refractivity contribution in [2.24, 2.45) is 0 Å². The number of nitriles is 1. The highest BCUT2D eigenvalue weighted by atomic mass is 16.5. The number of para-hydroxylation sites is 1. The Morgan fingerprint density at radius 3 is 2.50 bits per heavy atom. The Kier molecular flexibility index (Phi) is 6.51. The Morgan fingerprint density at radius 1 is 1.17 bits per heavy atom. The second kappa shape index (κ2) is 9.44. The van der Waals surface area contributed by atoms with Gasteiger partial charge in [-0.1, -0.05) is 30.9 Å². The summed E-state index contributed by atoms with van der Waals surface area (Å²) in [5, 5.41) is 12.3. The van der Waals surface area contributed by atoms with Gasteiger partial charge in [0.25, 0.3) is 5.91 Å². The molecule has 5 heteroatoms. The molecule has 0 unspecified atom stereocenters. The zero-order valence-electron chi connectivity index (χ0n) is 17.1. The third-order valence-electron chi connectivity index (χ3n) is 4.63. The first-order valence-corrected chi connectivity index (χ1v) is 9.54. The monoisotopic (exact) mass is 397 g/mol. The lowest BCUT2D eigenvalue weighted by Crippen LogP contribution is -2.13. The predicted octanol–water partition coefficient (Wildman–Crippen LogP) is 5.20. The number of nitrogens with zero attached hydrogens (tertiary/aromatic N) is 2. The summed E-state index contributed by atoms with van der Waals surface area (Å²) >= 11 is 0. The molecular weight excluding hydrogens is 374 g/mol. The van der Waals surface area contributed by atoms with E-state index >= 15 is 0 Å². The van der Waals surface area contributed by atoms with Crippen LogP contribution in [0, 0.1) is 25.2 Å². The van der Waals surface area contributed by atoms with Gasteiger partial charge in [0.05, 0.1) is 0 Å². The van der Waals surface area contributed by atoms with E-state index < -0.39 is 5.91 Å². The fourth-order valence-corrected chi connectivity index (χ4v) is 3.20. The molecule has 3 aromatic rings. The lowest BCUT2D eigenvalue weighted by Gasteiger charge is -2.11. The standard InChI is InChI=1S/C25H23N3O2/c1-4-14-30-24-12-10-23(11-13-24)28-18(2)15-20(19(28)3)16-21(17-26)25(29)27-22-8-6-5-7-9-22/h4-13,15-16H,1,14H2,2-3H3,(H,27,29)/b21-16-. The van der Waals surface area contributed by atoms with Crippen LogP contribution in [-0.4, -0.2) is 17.1 Å². The average Bonchev–Trinajstić information content (AvgIpc) is 3.04. The van der Waals surface area contributed by atoms with Crippen LogP contribution in [0.15, 0.2) is 78.9 Å². The Bertz CT molecular complexity index is 1120. The van der Waals surface area contributed by atoms with Crippen molar-refractivity contribution in [3.8, 4) is 17.5 Å². The van der Waals surface area contributed by atoms with Crippen LogP contribution < -0.4 is 10.1 Å². The molecule has 0 aliphatic carbocycles. The van der Waals surface area contributed by atoms with Crippen LogP contribution in [-0.2, 0) is 4.79 Å². The lowest BCUT2D eigenvalue weighted by molar-refractivity contribution is -0.112. The zero-order chi connectivity index (χ0) is 21.5. The first kappa shape index (κ1) is 20.7. The third-order valence-corrected chi connectivity index (χ3v) is 4.63. The molecule has 1 heterocycles. The van der Waals surface area contributed by atoms with Gasteiger partial charge in [-0.2, -0.15) is 5.26 Å². The van der Waals surface area contributed by atoms with Crippen LogP contribution >= 0.6 is 0 Å². The Hall–Kier alpha value is -4.04. The number of anilines is 1. The number of aryl methyl sites for hydroxylation is 1. The molecule has 2 aromatic carbocycles. The second-order valence-corrected chi connectivity index (χ2v) is 6.75. The summed E-state index contributed by atoms with van der Waals surface area (Å²) in [6.45, 7) is 8.06. The highest BCUT2D eigenvalue weighted by Crippen LogP contribution is 2.24. The van der Waals surface area contributed by atoms with Crippen molar-refractivity contribution in [1.82, 2.24) is 4.57 Å². The van der Waals surface area contributed by atoms with Gasteiger partial charge >= 0.3 is 0 Å². The molecule has 5 nitrogen and oxygen atoms in total. The van der Waals surface area contributed by atoms with E-state index in [4.69, 9.17) is 4.74 Å². The fourth-order valence-electron chi connectivity index (χ4n) is 3.20. The van der Waals surface area contributed by atoms with Gasteiger partial charge in [-0.3, -0.25) is 4.79 Å². The van der Waals surface area contributed by atoms with E-state index in [0.29, 0.717) is 12.3 Å². The van der Waals surface area contributed by atoms with Gasteiger partial charge in [-0.05, 0) is 68.0 Å². The van der Waals surface area contributed by atoms with E-state index in [1.807, 2.05) is 68.4 Å². The number of carbonyl (C=O) groups excluding carboxylic acids is 1. The van der Waals surface area contributed by atoms with Crippen LogP contribution in [0.25, 0.3) is 11.8 Å². The smallest absolute Gasteiger partial charge is 0.266 e. The van der Waals surface area contributed by atoms with Crippen LogP contribution in [0.2, 0.25) is 0 Å². The summed E-state index contributed by atoms with van der Waals surface area (Å²) < 4.78 is 7.61. The van der Waals surface area contributed by atoms with Crippen molar-refractivity contribution >= 4 is 17.7 Å². The molecule has 3 rings (SSSR count). The van der Waals surface area contributed by atoms with Crippen LogP contribution in [0.1, 0.15) is 17.0 Å². The predicted molar refractivity (Wildman–Crippen MR) is 120 cm³/mol. The molecule has 0 aliphatic heterocycles. The van der Waals surface area contributed by atoms with Gasteiger partial charge in [0, 0.05) is 22.8 Å². The van der Waals surface area contributed by atoms with Crippen molar-refractivity contribution in [2.45, 2.75) is 13.8 Å². The molecule has 1 N–H and O–H groups in total. The first-order chi connectivity index (χ1) is 14.5. The number of rotatable bonds is 7. The number of aromatic nitrogens is 1. The number of amides is 1. The molecule has 1 aromatic heterocycles. The first-order valence-electron chi connectivity index (χ1n) is 9.54. The molecule has 0 atom stereocenters. The number of hydrogen-bond acceptors (Lipinski definition) is 3.